The van der Waals surface area contributed by atoms with E-state index in [9.17, 15) is 4.79 Å². The van der Waals surface area contributed by atoms with Gasteiger partial charge in [-0.3, -0.25) is 9.89 Å². The number of H-pyrrole nitrogens is 1. The van der Waals surface area contributed by atoms with Crippen molar-refractivity contribution < 1.29 is 4.79 Å². The molecule has 0 aromatic carbocycles. The maximum atomic E-state index is 12.2. The van der Waals surface area contributed by atoms with Crippen molar-refractivity contribution in [3.8, 4) is 0 Å². The fourth-order valence-electron chi connectivity index (χ4n) is 2.31. The van der Waals surface area contributed by atoms with Gasteiger partial charge in [0.25, 0.3) is 0 Å². The smallest absolute Gasteiger partial charge is 0.232 e. The van der Waals surface area contributed by atoms with E-state index in [1.54, 1.807) is 23.7 Å². The molecule has 2 aromatic heterocycles. The number of amides is 1. The number of carbonyl (C=O) groups is 1. The predicted molar refractivity (Wildman–Crippen MR) is 67.2 cm³/mol. The zero-order valence-electron chi connectivity index (χ0n) is 9.27. The van der Waals surface area contributed by atoms with Gasteiger partial charge >= 0.3 is 0 Å². The normalized spacial score (nSPS) is 18.7. The summed E-state index contributed by atoms with van der Waals surface area (Å²) in [5.41, 5.74) is 1.94. The monoisotopic (exact) mass is 247 g/mol. The number of nitrogens with zero attached hydrogens (tertiary/aromatic N) is 1. The highest BCUT2D eigenvalue weighted by molar-refractivity contribution is 7.10. The number of aryl methyl sites for hydroxylation is 1. The van der Waals surface area contributed by atoms with Crippen molar-refractivity contribution in [2.45, 2.75) is 25.2 Å². The Bertz CT molecular complexity index is 518. The Morgan fingerprint density at radius 2 is 2.53 bits per heavy atom. The highest BCUT2D eigenvalue weighted by Crippen LogP contribution is 2.35. The molecule has 0 fully saturated rings. The number of rotatable bonds is 2. The molecule has 1 aliphatic rings. The van der Waals surface area contributed by atoms with E-state index in [4.69, 9.17) is 0 Å². The maximum absolute atomic E-state index is 12.2. The average Bonchev–Trinajstić information content (AvgIpc) is 2.97. The number of aromatic nitrogens is 2. The van der Waals surface area contributed by atoms with Crippen molar-refractivity contribution in [2.75, 3.05) is 5.32 Å². The molecule has 1 amide bonds. The minimum absolute atomic E-state index is 0.0000926. The lowest BCUT2D eigenvalue weighted by Gasteiger charge is -2.21. The number of fused-ring (bicyclic) bond motifs is 1. The summed E-state index contributed by atoms with van der Waals surface area (Å²) in [6, 6.07) is 2.08. The SMILES string of the molecule is O=C(Nc1cn[nH]c1)C1CCCc2sccc21. The topological polar surface area (TPSA) is 57.8 Å². The van der Waals surface area contributed by atoms with E-state index < -0.39 is 0 Å². The van der Waals surface area contributed by atoms with E-state index in [1.807, 2.05) is 0 Å². The van der Waals surface area contributed by atoms with Gasteiger partial charge in [-0.05, 0) is 36.3 Å². The first-order valence-corrected chi connectivity index (χ1v) is 6.58. The highest BCUT2D eigenvalue weighted by atomic mass is 32.1. The van der Waals surface area contributed by atoms with Gasteiger partial charge in [0, 0.05) is 11.1 Å². The first kappa shape index (κ1) is 10.5. The molecule has 0 bridgehead atoms. The van der Waals surface area contributed by atoms with Crippen LogP contribution in [0.15, 0.2) is 23.8 Å². The molecule has 3 rings (SSSR count). The Morgan fingerprint density at radius 1 is 1.59 bits per heavy atom. The third-order valence-corrected chi connectivity index (χ3v) is 4.13. The second-order valence-corrected chi connectivity index (χ2v) is 5.22. The van der Waals surface area contributed by atoms with Gasteiger partial charge in [0.05, 0.1) is 17.8 Å². The van der Waals surface area contributed by atoms with Crippen LogP contribution in [0.5, 0.6) is 0 Å². The molecule has 5 heteroatoms. The fourth-order valence-corrected chi connectivity index (χ4v) is 3.29. The molecular weight excluding hydrogens is 234 g/mol. The van der Waals surface area contributed by atoms with Crippen LogP contribution in [0.25, 0.3) is 0 Å². The summed E-state index contributed by atoms with van der Waals surface area (Å²) in [5.74, 6) is 0.0747. The number of thiophene rings is 1. The van der Waals surface area contributed by atoms with E-state index in [1.165, 1.54) is 10.4 Å². The Hall–Kier alpha value is -1.62. The molecule has 0 spiro atoms. The van der Waals surface area contributed by atoms with Crippen molar-refractivity contribution in [1.29, 1.82) is 0 Å². The molecule has 0 radical (unpaired) electrons. The summed E-state index contributed by atoms with van der Waals surface area (Å²) >= 11 is 1.76. The Kier molecular flexibility index (Phi) is 2.68. The number of aromatic amines is 1. The van der Waals surface area contributed by atoms with Crippen LogP contribution >= 0.6 is 11.3 Å². The molecule has 2 aromatic rings. The Balaban J connectivity index is 1.80. The molecule has 4 nitrogen and oxygen atoms in total. The second-order valence-electron chi connectivity index (χ2n) is 4.22. The Morgan fingerprint density at radius 3 is 3.35 bits per heavy atom. The summed E-state index contributed by atoms with van der Waals surface area (Å²) in [7, 11) is 0. The molecule has 1 unspecified atom stereocenters. The summed E-state index contributed by atoms with van der Waals surface area (Å²) in [5, 5.41) is 11.5. The molecular formula is C12H13N3OS. The minimum Gasteiger partial charge on any atom is -0.323 e. The lowest BCUT2D eigenvalue weighted by atomic mass is 9.87. The standard InChI is InChI=1S/C12H13N3OS/c16-12(15-8-6-13-14-7-8)10-2-1-3-11-9(10)4-5-17-11/h4-7,10H,1-3H2,(H,13,14)(H,15,16). The van der Waals surface area contributed by atoms with Crippen LogP contribution in [0.3, 0.4) is 0 Å². The van der Waals surface area contributed by atoms with Crippen molar-refractivity contribution >= 4 is 22.9 Å². The van der Waals surface area contributed by atoms with Crippen molar-refractivity contribution in [3.05, 3.63) is 34.3 Å². The molecule has 0 aliphatic heterocycles. The second kappa shape index (κ2) is 4.33. The number of anilines is 1. The molecule has 17 heavy (non-hydrogen) atoms. The first-order valence-electron chi connectivity index (χ1n) is 5.70. The molecule has 2 N–H and O–H groups in total. The van der Waals surface area contributed by atoms with E-state index in [-0.39, 0.29) is 11.8 Å². The molecule has 88 valence electrons. The van der Waals surface area contributed by atoms with Crippen molar-refractivity contribution in [1.82, 2.24) is 10.2 Å². The van der Waals surface area contributed by atoms with Crippen LogP contribution < -0.4 is 5.32 Å². The number of hydrogen-bond acceptors (Lipinski definition) is 3. The van der Waals surface area contributed by atoms with Crippen LogP contribution in [0.1, 0.15) is 29.2 Å². The molecule has 2 heterocycles. The summed E-state index contributed by atoms with van der Waals surface area (Å²) in [6.07, 6.45) is 6.46. The third-order valence-electron chi connectivity index (χ3n) is 3.13. The van der Waals surface area contributed by atoms with Gasteiger partial charge in [-0.25, -0.2) is 0 Å². The highest BCUT2D eigenvalue weighted by Gasteiger charge is 2.27. The molecule has 0 saturated heterocycles. The Labute approximate surface area is 103 Å². The van der Waals surface area contributed by atoms with Crippen LogP contribution in [-0.4, -0.2) is 16.1 Å². The van der Waals surface area contributed by atoms with Crippen molar-refractivity contribution in [2.24, 2.45) is 0 Å². The molecule has 1 atom stereocenters. The van der Waals surface area contributed by atoms with Gasteiger partial charge in [-0.15, -0.1) is 11.3 Å². The van der Waals surface area contributed by atoms with Gasteiger partial charge in [-0.1, -0.05) is 0 Å². The van der Waals surface area contributed by atoms with Gasteiger partial charge < -0.3 is 5.32 Å². The quantitative estimate of drug-likeness (QED) is 0.856. The summed E-state index contributed by atoms with van der Waals surface area (Å²) < 4.78 is 0. The number of nitrogens with one attached hydrogen (secondary N) is 2. The largest absolute Gasteiger partial charge is 0.323 e. The van der Waals surface area contributed by atoms with Crippen LogP contribution in [0.4, 0.5) is 5.69 Å². The van der Waals surface area contributed by atoms with E-state index >= 15 is 0 Å². The van der Waals surface area contributed by atoms with E-state index in [2.05, 4.69) is 27.0 Å². The van der Waals surface area contributed by atoms with E-state index in [0.717, 1.165) is 24.9 Å². The van der Waals surface area contributed by atoms with E-state index in [0.29, 0.717) is 0 Å². The predicted octanol–water partition coefficient (Wildman–Crippen LogP) is 2.53. The lowest BCUT2D eigenvalue weighted by molar-refractivity contribution is -0.117. The van der Waals surface area contributed by atoms with Gasteiger partial charge in [0.2, 0.25) is 5.91 Å². The van der Waals surface area contributed by atoms with Gasteiger partial charge in [0.15, 0.2) is 0 Å². The zero-order chi connectivity index (χ0) is 11.7. The van der Waals surface area contributed by atoms with Crippen LogP contribution in [0, 0.1) is 0 Å². The summed E-state index contributed by atoms with van der Waals surface area (Å²) in [6.45, 7) is 0. The van der Waals surface area contributed by atoms with Crippen LogP contribution in [-0.2, 0) is 11.2 Å². The van der Waals surface area contributed by atoms with Gasteiger partial charge in [0.1, 0.15) is 0 Å². The number of hydrogen-bond donors (Lipinski definition) is 2. The van der Waals surface area contributed by atoms with Gasteiger partial charge in [-0.2, -0.15) is 5.10 Å². The zero-order valence-corrected chi connectivity index (χ0v) is 10.1. The van der Waals surface area contributed by atoms with Crippen molar-refractivity contribution in [3.63, 3.8) is 0 Å². The first-order chi connectivity index (χ1) is 8.34. The molecule has 0 saturated carbocycles. The minimum atomic E-state index is -0.0000926. The number of carbonyl (C=O) groups excluding carboxylic acids is 1. The molecule has 1 aliphatic carbocycles. The summed E-state index contributed by atoms with van der Waals surface area (Å²) in [4.78, 5) is 13.5. The average molecular weight is 247 g/mol. The third kappa shape index (κ3) is 1.98. The van der Waals surface area contributed by atoms with Crippen LogP contribution in [0.2, 0.25) is 0 Å². The fraction of sp³-hybridized carbons (Fsp3) is 0.333. The lowest BCUT2D eigenvalue weighted by Crippen LogP contribution is -2.23. The maximum Gasteiger partial charge on any atom is 0.232 e.